The number of nitrogens with zero attached hydrogens (tertiary/aromatic N) is 2. The third-order valence-corrected chi connectivity index (χ3v) is 17.7. The largest absolute Gasteiger partial charge is 0.310 e. The van der Waals surface area contributed by atoms with Crippen molar-refractivity contribution in [3.63, 3.8) is 0 Å². The molecule has 0 aromatic heterocycles. The summed E-state index contributed by atoms with van der Waals surface area (Å²) in [5, 5.41) is 7.35. The first-order chi connectivity index (χ1) is 37.9. The van der Waals surface area contributed by atoms with Crippen LogP contribution < -0.4 is 9.80 Å². The predicted octanol–water partition coefficient (Wildman–Crippen LogP) is 21.2. The Balaban J connectivity index is 0.978. The summed E-state index contributed by atoms with van der Waals surface area (Å²) in [4.78, 5) is 7.48. The van der Waals surface area contributed by atoms with Gasteiger partial charge in [0.1, 0.15) is 0 Å². The van der Waals surface area contributed by atoms with E-state index in [0.717, 1.165) is 34.1 Å². The van der Waals surface area contributed by atoms with Crippen molar-refractivity contribution in [3.8, 4) is 22.3 Å². The number of hydrogen-bond acceptors (Lipinski definition) is 3. The SMILES string of the molecule is CC(C)(C)c1ccc(N(c2ccc(-c3ccc4c(c3)C3(c5ccccc5Sc5ccccc53)c3cc(N(c5ccc(C(C)(C)C)cc5)c5ccc6ccccc6c5)c5ccccc5c3-4)cc2)c2ccc3ccccc3c2)cc1. The van der Waals surface area contributed by atoms with Gasteiger partial charge in [0, 0.05) is 43.6 Å². The Hall–Kier alpha value is -8.63. The number of anilines is 6. The fraction of sp³-hybridized carbons (Fsp3) is 0.120. The Labute approximate surface area is 463 Å². The maximum Gasteiger partial charge on any atom is 0.0736 e. The first-order valence-corrected chi connectivity index (χ1v) is 28.2. The summed E-state index contributed by atoms with van der Waals surface area (Å²) in [6.07, 6.45) is 0. The third kappa shape index (κ3) is 7.77. The fourth-order valence-electron chi connectivity index (χ4n) is 12.6. The highest BCUT2D eigenvalue weighted by Gasteiger charge is 2.51. The first kappa shape index (κ1) is 47.8. The minimum absolute atomic E-state index is 0.0164. The van der Waals surface area contributed by atoms with Gasteiger partial charge in [0.05, 0.1) is 11.1 Å². The minimum Gasteiger partial charge on any atom is -0.310 e. The molecule has 0 unspecified atom stereocenters. The molecule has 12 aromatic carbocycles. The lowest BCUT2D eigenvalue weighted by atomic mass is 9.67. The zero-order valence-corrected chi connectivity index (χ0v) is 45.9. The normalized spacial score (nSPS) is 13.3. The molecule has 376 valence electrons. The van der Waals surface area contributed by atoms with Crippen molar-refractivity contribution in [3.05, 3.63) is 288 Å². The van der Waals surface area contributed by atoms with E-state index in [1.165, 1.54) is 97.7 Å². The van der Waals surface area contributed by atoms with Gasteiger partial charge in [-0.1, -0.05) is 223 Å². The van der Waals surface area contributed by atoms with Gasteiger partial charge in [0.15, 0.2) is 0 Å². The van der Waals surface area contributed by atoms with E-state index in [1.54, 1.807) is 0 Å². The van der Waals surface area contributed by atoms with Crippen molar-refractivity contribution in [1.82, 2.24) is 0 Å². The summed E-state index contributed by atoms with van der Waals surface area (Å²) < 4.78 is 0. The molecule has 0 bridgehead atoms. The highest BCUT2D eigenvalue weighted by Crippen LogP contribution is 2.65. The zero-order chi connectivity index (χ0) is 52.9. The highest BCUT2D eigenvalue weighted by atomic mass is 32.2. The smallest absolute Gasteiger partial charge is 0.0736 e. The van der Waals surface area contributed by atoms with Gasteiger partial charge < -0.3 is 9.80 Å². The van der Waals surface area contributed by atoms with Gasteiger partial charge in [0.25, 0.3) is 0 Å². The Morgan fingerprint density at radius 2 is 0.756 bits per heavy atom. The Morgan fingerprint density at radius 1 is 0.321 bits per heavy atom. The number of rotatable bonds is 7. The van der Waals surface area contributed by atoms with Crippen LogP contribution in [0.2, 0.25) is 0 Å². The predicted molar refractivity (Wildman–Crippen MR) is 333 cm³/mol. The minimum atomic E-state index is -0.630. The van der Waals surface area contributed by atoms with Crippen LogP contribution in [0.4, 0.5) is 34.1 Å². The van der Waals surface area contributed by atoms with Crippen LogP contribution in [0.15, 0.2) is 265 Å². The average Bonchev–Trinajstić information content (AvgIpc) is 3.33. The molecule has 0 saturated carbocycles. The molecule has 0 radical (unpaired) electrons. The first-order valence-electron chi connectivity index (χ1n) is 27.4. The molecular weight excluding hydrogens is 961 g/mol. The zero-order valence-electron chi connectivity index (χ0n) is 45.1. The molecule has 0 saturated heterocycles. The fourth-order valence-corrected chi connectivity index (χ4v) is 13.8. The molecule has 12 aromatic rings. The molecule has 0 atom stereocenters. The van der Waals surface area contributed by atoms with E-state index in [-0.39, 0.29) is 10.8 Å². The van der Waals surface area contributed by atoms with Crippen molar-refractivity contribution < 1.29 is 0 Å². The maximum atomic E-state index is 2.57. The van der Waals surface area contributed by atoms with Crippen LogP contribution in [0.5, 0.6) is 0 Å². The third-order valence-electron chi connectivity index (χ3n) is 16.6. The van der Waals surface area contributed by atoms with Crippen LogP contribution in [-0.2, 0) is 16.2 Å². The molecule has 1 spiro atoms. The van der Waals surface area contributed by atoms with Crippen LogP contribution in [-0.4, -0.2) is 0 Å². The molecule has 78 heavy (non-hydrogen) atoms. The quantitative estimate of drug-likeness (QED) is 0.157. The van der Waals surface area contributed by atoms with Crippen LogP contribution in [0.1, 0.15) is 74.9 Å². The van der Waals surface area contributed by atoms with Gasteiger partial charge in [-0.05, 0) is 178 Å². The molecule has 2 aliphatic rings. The van der Waals surface area contributed by atoms with Gasteiger partial charge in [-0.15, -0.1) is 0 Å². The van der Waals surface area contributed by atoms with E-state index in [4.69, 9.17) is 0 Å². The van der Waals surface area contributed by atoms with Crippen LogP contribution in [0.3, 0.4) is 0 Å². The second-order valence-corrected chi connectivity index (χ2v) is 24.4. The molecule has 2 nitrogen and oxygen atoms in total. The lowest BCUT2D eigenvalue weighted by Crippen LogP contribution is -2.32. The van der Waals surface area contributed by atoms with E-state index < -0.39 is 5.41 Å². The van der Waals surface area contributed by atoms with Crippen molar-refractivity contribution in [1.29, 1.82) is 0 Å². The van der Waals surface area contributed by atoms with Crippen LogP contribution in [0.25, 0.3) is 54.6 Å². The van der Waals surface area contributed by atoms with Crippen LogP contribution in [0, 0.1) is 0 Å². The Bertz CT molecular complexity index is 4260. The molecule has 1 aliphatic carbocycles. The molecule has 1 aliphatic heterocycles. The van der Waals surface area contributed by atoms with E-state index in [2.05, 4.69) is 306 Å². The maximum absolute atomic E-state index is 2.57. The molecule has 1 heterocycles. The molecular formula is C75H60N2S. The van der Waals surface area contributed by atoms with Gasteiger partial charge >= 0.3 is 0 Å². The summed E-state index contributed by atoms with van der Waals surface area (Å²) >= 11 is 1.89. The van der Waals surface area contributed by atoms with E-state index in [9.17, 15) is 0 Å². The second kappa shape index (κ2) is 18.3. The summed E-state index contributed by atoms with van der Waals surface area (Å²) in [6, 6.07) is 96.1. The summed E-state index contributed by atoms with van der Waals surface area (Å²) in [5.74, 6) is 0. The Kier molecular flexibility index (Phi) is 11.2. The van der Waals surface area contributed by atoms with E-state index in [1.807, 2.05) is 11.8 Å². The second-order valence-electron chi connectivity index (χ2n) is 23.3. The lowest BCUT2D eigenvalue weighted by Gasteiger charge is -2.40. The van der Waals surface area contributed by atoms with Crippen molar-refractivity contribution >= 4 is 78.2 Å². The summed E-state index contributed by atoms with van der Waals surface area (Å²) in [6.45, 7) is 13.7. The van der Waals surface area contributed by atoms with Gasteiger partial charge in [0.2, 0.25) is 0 Å². The van der Waals surface area contributed by atoms with E-state index >= 15 is 0 Å². The monoisotopic (exact) mass is 1020 g/mol. The van der Waals surface area contributed by atoms with Crippen LogP contribution >= 0.6 is 11.8 Å². The lowest BCUT2D eigenvalue weighted by molar-refractivity contribution is 0.590. The standard InChI is InChI=1S/C75H60N2S/c1-73(2,3)55-32-40-58(41-33-55)76(60-38-29-49-17-7-9-19-52(49)45-60)57-36-27-51(28-37-57)54-31-44-64-67(47-54)75(65-23-13-15-25-70(65)78-71-26-16-14-24-66(71)75)68-48-69(62-21-11-12-22-63(62)72(64)68)77(59-42-34-56(35-43-59)74(4,5)6)61-39-30-50-18-8-10-20-53(50)46-61/h7-48H,1-6H3. The number of hydrogen-bond donors (Lipinski definition) is 0. The molecule has 0 N–H and O–H groups in total. The molecule has 14 rings (SSSR count). The molecule has 0 fully saturated rings. The van der Waals surface area contributed by atoms with Crippen molar-refractivity contribution in [2.45, 2.75) is 67.6 Å². The Morgan fingerprint density at radius 3 is 1.31 bits per heavy atom. The molecule has 3 heteroatoms. The van der Waals surface area contributed by atoms with Gasteiger partial charge in [-0.3, -0.25) is 0 Å². The van der Waals surface area contributed by atoms with Gasteiger partial charge in [-0.25, -0.2) is 0 Å². The van der Waals surface area contributed by atoms with Crippen molar-refractivity contribution in [2.24, 2.45) is 0 Å². The summed E-state index contributed by atoms with van der Waals surface area (Å²) in [5.41, 5.74) is 19.0. The number of benzene rings is 12. The topological polar surface area (TPSA) is 6.48 Å². The summed E-state index contributed by atoms with van der Waals surface area (Å²) in [7, 11) is 0. The van der Waals surface area contributed by atoms with E-state index in [0.29, 0.717) is 0 Å². The number of fused-ring (bicyclic) bond motifs is 13. The highest BCUT2D eigenvalue weighted by molar-refractivity contribution is 7.99. The average molecular weight is 1020 g/mol. The van der Waals surface area contributed by atoms with Gasteiger partial charge in [-0.2, -0.15) is 0 Å². The van der Waals surface area contributed by atoms with Crippen molar-refractivity contribution in [2.75, 3.05) is 9.80 Å². The molecule has 0 amide bonds.